The van der Waals surface area contributed by atoms with Crippen molar-refractivity contribution in [3.8, 4) is 12.3 Å². The van der Waals surface area contributed by atoms with Crippen LogP contribution in [0.2, 0.25) is 0 Å². The molecule has 1 aliphatic heterocycles. The summed E-state index contributed by atoms with van der Waals surface area (Å²) >= 11 is 0. The number of unbranched alkanes of at least 4 members (excludes halogenated alkanes) is 1. The van der Waals surface area contributed by atoms with Crippen LogP contribution in [0.4, 0.5) is 0 Å². The fourth-order valence-corrected chi connectivity index (χ4v) is 1.75. The standard InChI is InChI=1S/C11H17NO2/c1-3-4-5-9-12-10(13)7-6-8-11(12)14-2/h1,11H,4-9H2,2H3. The van der Waals surface area contributed by atoms with Gasteiger partial charge >= 0.3 is 0 Å². The summed E-state index contributed by atoms with van der Waals surface area (Å²) in [5.41, 5.74) is 0. The molecule has 0 aromatic heterocycles. The first kappa shape index (κ1) is 11.1. The summed E-state index contributed by atoms with van der Waals surface area (Å²) in [4.78, 5) is 13.4. The molecule has 1 atom stereocenters. The van der Waals surface area contributed by atoms with Gasteiger partial charge in [-0.3, -0.25) is 4.79 Å². The zero-order valence-corrected chi connectivity index (χ0v) is 8.66. The van der Waals surface area contributed by atoms with Crippen molar-refractivity contribution in [1.29, 1.82) is 0 Å². The molecule has 14 heavy (non-hydrogen) atoms. The number of carbonyl (C=O) groups excluding carboxylic acids is 1. The van der Waals surface area contributed by atoms with Crippen molar-refractivity contribution in [2.24, 2.45) is 0 Å². The number of terminal acetylenes is 1. The van der Waals surface area contributed by atoms with Gasteiger partial charge in [-0.05, 0) is 19.3 Å². The number of hydrogen-bond donors (Lipinski definition) is 0. The van der Waals surface area contributed by atoms with E-state index in [1.807, 2.05) is 0 Å². The normalized spacial score (nSPS) is 22.1. The van der Waals surface area contributed by atoms with Gasteiger partial charge in [0.25, 0.3) is 0 Å². The molecule has 3 heteroatoms. The molecule has 0 aliphatic carbocycles. The Balaban J connectivity index is 2.43. The SMILES string of the molecule is C#CCCCN1C(=O)CCCC1OC. The summed E-state index contributed by atoms with van der Waals surface area (Å²) in [6, 6.07) is 0. The summed E-state index contributed by atoms with van der Waals surface area (Å²) in [6.07, 6.45) is 9.24. The highest BCUT2D eigenvalue weighted by molar-refractivity contribution is 5.77. The number of nitrogens with zero attached hydrogens (tertiary/aromatic N) is 1. The Hall–Kier alpha value is -1.01. The average Bonchev–Trinajstić information content (AvgIpc) is 2.20. The fraction of sp³-hybridized carbons (Fsp3) is 0.727. The molecular weight excluding hydrogens is 178 g/mol. The van der Waals surface area contributed by atoms with Crippen molar-refractivity contribution < 1.29 is 9.53 Å². The summed E-state index contributed by atoms with van der Waals surface area (Å²) in [5, 5.41) is 0. The molecule has 0 saturated carbocycles. The van der Waals surface area contributed by atoms with Crippen LogP contribution in [0.25, 0.3) is 0 Å². The van der Waals surface area contributed by atoms with E-state index in [-0.39, 0.29) is 12.1 Å². The van der Waals surface area contributed by atoms with Crippen molar-refractivity contribution in [3.63, 3.8) is 0 Å². The number of methoxy groups -OCH3 is 1. The second-order valence-electron chi connectivity index (χ2n) is 3.48. The molecule has 1 saturated heterocycles. The molecule has 78 valence electrons. The predicted octanol–water partition coefficient (Wildman–Crippen LogP) is 1.38. The van der Waals surface area contributed by atoms with E-state index in [4.69, 9.17) is 11.2 Å². The molecule has 1 fully saturated rings. The number of hydrogen-bond acceptors (Lipinski definition) is 2. The highest BCUT2D eigenvalue weighted by Gasteiger charge is 2.26. The Kier molecular flexibility index (Phi) is 4.48. The Morgan fingerprint density at radius 3 is 3.14 bits per heavy atom. The Labute approximate surface area is 85.4 Å². The van der Waals surface area contributed by atoms with E-state index in [9.17, 15) is 4.79 Å². The average molecular weight is 195 g/mol. The number of piperidine rings is 1. The number of carbonyl (C=O) groups is 1. The quantitative estimate of drug-likeness (QED) is 0.501. The number of ether oxygens (including phenoxy) is 1. The maximum atomic E-state index is 11.6. The van der Waals surface area contributed by atoms with Crippen molar-refractivity contribution >= 4 is 5.91 Å². The maximum Gasteiger partial charge on any atom is 0.224 e. The number of rotatable bonds is 4. The molecule has 1 aliphatic rings. The van der Waals surface area contributed by atoms with Crippen LogP contribution in [0.15, 0.2) is 0 Å². The van der Waals surface area contributed by atoms with Crippen LogP contribution in [-0.4, -0.2) is 30.7 Å². The van der Waals surface area contributed by atoms with Crippen LogP contribution in [0, 0.1) is 12.3 Å². The molecule has 0 aromatic carbocycles. The van der Waals surface area contributed by atoms with Gasteiger partial charge in [0.15, 0.2) is 0 Å². The van der Waals surface area contributed by atoms with Gasteiger partial charge in [0, 0.05) is 26.5 Å². The molecule has 0 radical (unpaired) electrons. The first-order valence-electron chi connectivity index (χ1n) is 5.05. The molecule has 1 heterocycles. The van der Waals surface area contributed by atoms with Crippen molar-refractivity contribution in [3.05, 3.63) is 0 Å². The lowest BCUT2D eigenvalue weighted by Crippen LogP contribution is -2.45. The van der Waals surface area contributed by atoms with Crippen LogP contribution < -0.4 is 0 Å². The van der Waals surface area contributed by atoms with Crippen LogP contribution in [-0.2, 0) is 9.53 Å². The van der Waals surface area contributed by atoms with E-state index in [1.54, 1.807) is 12.0 Å². The Bertz CT molecular complexity index is 232. The number of likely N-dealkylation sites (tertiary alicyclic amines) is 1. The van der Waals surface area contributed by atoms with Gasteiger partial charge in [-0.25, -0.2) is 0 Å². The first-order chi connectivity index (χ1) is 6.79. The minimum atomic E-state index is -0.0333. The zero-order valence-electron chi connectivity index (χ0n) is 8.66. The van der Waals surface area contributed by atoms with Gasteiger partial charge in [0.1, 0.15) is 6.23 Å². The van der Waals surface area contributed by atoms with E-state index in [0.29, 0.717) is 6.42 Å². The van der Waals surface area contributed by atoms with E-state index >= 15 is 0 Å². The second kappa shape index (κ2) is 5.66. The molecule has 1 unspecified atom stereocenters. The minimum Gasteiger partial charge on any atom is -0.362 e. The van der Waals surface area contributed by atoms with E-state index < -0.39 is 0 Å². The lowest BCUT2D eigenvalue weighted by molar-refractivity contribution is -0.149. The fourth-order valence-electron chi connectivity index (χ4n) is 1.75. The van der Waals surface area contributed by atoms with Crippen molar-refractivity contribution in [2.75, 3.05) is 13.7 Å². The van der Waals surface area contributed by atoms with E-state index in [1.165, 1.54) is 0 Å². The zero-order chi connectivity index (χ0) is 10.4. The molecule has 0 N–H and O–H groups in total. The summed E-state index contributed by atoms with van der Waals surface area (Å²) in [7, 11) is 1.65. The van der Waals surface area contributed by atoms with Crippen LogP contribution in [0.3, 0.4) is 0 Å². The predicted molar refractivity (Wildman–Crippen MR) is 54.4 cm³/mol. The van der Waals surface area contributed by atoms with Gasteiger partial charge in [0.2, 0.25) is 5.91 Å². The second-order valence-corrected chi connectivity index (χ2v) is 3.48. The third-order valence-electron chi connectivity index (χ3n) is 2.50. The van der Waals surface area contributed by atoms with Crippen LogP contribution in [0.1, 0.15) is 32.1 Å². The van der Waals surface area contributed by atoms with Gasteiger partial charge in [-0.2, -0.15) is 0 Å². The summed E-state index contributed by atoms with van der Waals surface area (Å²) < 4.78 is 5.26. The van der Waals surface area contributed by atoms with Gasteiger partial charge < -0.3 is 9.64 Å². The third kappa shape index (κ3) is 2.74. The van der Waals surface area contributed by atoms with E-state index in [0.717, 1.165) is 32.2 Å². The molecule has 3 nitrogen and oxygen atoms in total. The molecule has 1 rings (SSSR count). The minimum absolute atomic E-state index is 0.0333. The van der Waals surface area contributed by atoms with Crippen LogP contribution >= 0.6 is 0 Å². The highest BCUT2D eigenvalue weighted by Crippen LogP contribution is 2.18. The summed E-state index contributed by atoms with van der Waals surface area (Å²) in [5.74, 6) is 2.77. The van der Waals surface area contributed by atoms with Gasteiger partial charge in [-0.15, -0.1) is 12.3 Å². The van der Waals surface area contributed by atoms with Crippen molar-refractivity contribution in [1.82, 2.24) is 4.90 Å². The maximum absolute atomic E-state index is 11.6. The first-order valence-corrected chi connectivity index (χ1v) is 5.05. The monoisotopic (exact) mass is 195 g/mol. The summed E-state index contributed by atoms with van der Waals surface area (Å²) in [6.45, 7) is 0.724. The van der Waals surface area contributed by atoms with E-state index in [2.05, 4.69) is 5.92 Å². The molecule has 0 aromatic rings. The van der Waals surface area contributed by atoms with Crippen molar-refractivity contribution in [2.45, 2.75) is 38.3 Å². The Morgan fingerprint density at radius 1 is 1.71 bits per heavy atom. The largest absolute Gasteiger partial charge is 0.362 e. The molecule has 1 amide bonds. The highest BCUT2D eigenvalue weighted by atomic mass is 16.5. The third-order valence-corrected chi connectivity index (χ3v) is 2.50. The molecular formula is C11H17NO2. The molecule has 0 bridgehead atoms. The lowest BCUT2D eigenvalue weighted by atomic mass is 10.1. The Morgan fingerprint density at radius 2 is 2.50 bits per heavy atom. The van der Waals surface area contributed by atoms with Crippen LogP contribution in [0.5, 0.6) is 0 Å². The van der Waals surface area contributed by atoms with Gasteiger partial charge in [-0.1, -0.05) is 0 Å². The lowest BCUT2D eigenvalue weighted by Gasteiger charge is -2.34. The molecule has 0 spiro atoms. The van der Waals surface area contributed by atoms with Gasteiger partial charge in [0.05, 0.1) is 0 Å². The topological polar surface area (TPSA) is 29.5 Å². The smallest absolute Gasteiger partial charge is 0.224 e. The number of amides is 1.